The minimum absolute atomic E-state index is 0.182. The summed E-state index contributed by atoms with van der Waals surface area (Å²) in [5.41, 5.74) is 2.06. The smallest absolute Gasteiger partial charge is 0.316 e. The summed E-state index contributed by atoms with van der Waals surface area (Å²) < 4.78 is 6.54. The maximum Gasteiger partial charge on any atom is 0.316 e. The van der Waals surface area contributed by atoms with Crippen LogP contribution in [0.15, 0.2) is 21.6 Å². The molecule has 2 N–H and O–H groups in total. The van der Waals surface area contributed by atoms with Crippen molar-refractivity contribution in [3.8, 4) is 5.75 Å². The van der Waals surface area contributed by atoms with Crippen LogP contribution in [0.1, 0.15) is 11.1 Å². The minimum atomic E-state index is -0.686. The predicted octanol–water partition coefficient (Wildman–Crippen LogP) is 0.486. The van der Waals surface area contributed by atoms with Gasteiger partial charge in [-0.1, -0.05) is 15.9 Å². The van der Waals surface area contributed by atoms with E-state index in [4.69, 9.17) is 4.74 Å². The van der Waals surface area contributed by atoms with Crippen LogP contribution in [0, 0.1) is 0 Å². The molecule has 2 heterocycles. The number of hydrogen-bond acceptors (Lipinski definition) is 4. The van der Waals surface area contributed by atoms with Crippen molar-refractivity contribution in [3.63, 3.8) is 0 Å². The fourth-order valence-electron chi connectivity index (χ4n) is 2.07. The molecule has 1 aromatic carbocycles. The molecule has 0 bridgehead atoms. The molecule has 0 unspecified atom stereocenters. The van der Waals surface area contributed by atoms with Crippen LogP contribution in [0.3, 0.4) is 0 Å². The van der Waals surface area contributed by atoms with Gasteiger partial charge in [-0.15, -0.1) is 0 Å². The third kappa shape index (κ3) is 2.33. The number of hydrogen-bond donors (Lipinski definition) is 2. The average Bonchev–Trinajstić information content (AvgIpc) is 2.94. The first-order chi connectivity index (χ1) is 9.13. The lowest BCUT2D eigenvalue weighted by Crippen LogP contribution is -2.25. The first-order valence-electron chi connectivity index (χ1n) is 5.74. The summed E-state index contributed by atoms with van der Waals surface area (Å²) in [5.74, 6) is -0.339. The van der Waals surface area contributed by atoms with Crippen LogP contribution in [0.25, 0.3) is 0 Å². The van der Waals surface area contributed by atoms with Crippen LogP contribution in [0.2, 0.25) is 0 Å². The monoisotopic (exact) mass is 323 g/mol. The second kappa shape index (κ2) is 4.65. The minimum Gasteiger partial charge on any atom is -0.493 e. The molecule has 2 aliphatic heterocycles. The van der Waals surface area contributed by atoms with Crippen molar-refractivity contribution in [3.05, 3.63) is 27.7 Å². The molecule has 19 heavy (non-hydrogen) atoms. The van der Waals surface area contributed by atoms with Gasteiger partial charge in [0.05, 0.1) is 13.2 Å². The Labute approximate surface area is 117 Å². The number of nitrogens with one attached hydrogen (secondary N) is 2. The van der Waals surface area contributed by atoms with Crippen LogP contribution in [0.4, 0.5) is 0 Å². The molecule has 7 heteroatoms. The molecule has 6 nitrogen and oxygen atoms in total. The number of aliphatic imine (C=N–C) groups is 1. The van der Waals surface area contributed by atoms with Crippen molar-refractivity contribution in [1.29, 1.82) is 0 Å². The van der Waals surface area contributed by atoms with Crippen molar-refractivity contribution in [2.75, 3.05) is 6.61 Å². The molecule has 0 aliphatic carbocycles. The topological polar surface area (TPSA) is 79.8 Å². The number of guanidine groups is 1. The van der Waals surface area contributed by atoms with Gasteiger partial charge in [-0.2, -0.15) is 0 Å². The Morgan fingerprint density at radius 3 is 2.74 bits per heavy atom. The Balaban J connectivity index is 1.83. The zero-order valence-electron chi connectivity index (χ0n) is 9.83. The van der Waals surface area contributed by atoms with Crippen LogP contribution >= 0.6 is 15.9 Å². The van der Waals surface area contributed by atoms with Gasteiger partial charge in [-0.3, -0.25) is 20.2 Å². The lowest BCUT2D eigenvalue weighted by molar-refractivity contribution is -0.135. The van der Waals surface area contributed by atoms with E-state index < -0.39 is 11.8 Å². The number of carbonyl (C=O) groups excluding carboxylic acids is 2. The van der Waals surface area contributed by atoms with Crippen LogP contribution < -0.4 is 15.4 Å². The molecule has 2 amide bonds. The van der Waals surface area contributed by atoms with E-state index in [0.29, 0.717) is 13.2 Å². The van der Waals surface area contributed by atoms with Gasteiger partial charge in [-0.05, 0) is 17.7 Å². The van der Waals surface area contributed by atoms with Crippen molar-refractivity contribution >= 4 is 33.7 Å². The highest BCUT2D eigenvalue weighted by atomic mass is 79.9. The number of ether oxygens (including phenoxy) is 1. The van der Waals surface area contributed by atoms with E-state index in [1.807, 2.05) is 12.1 Å². The van der Waals surface area contributed by atoms with E-state index in [-0.39, 0.29) is 5.96 Å². The normalized spacial score (nSPS) is 16.8. The molecule has 98 valence electrons. The van der Waals surface area contributed by atoms with Gasteiger partial charge in [0.2, 0.25) is 5.96 Å². The molecule has 0 atom stereocenters. The molecular formula is C12H10BrN3O3. The van der Waals surface area contributed by atoms with E-state index in [1.165, 1.54) is 0 Å². The molecule has 0 saturated carbocycles. The number of benzene rings is 1. The number of rotatable bonds is 2. The number of amides is 2. The van der Waals surface area contributed by atoms with Gasteiger partial charge in [0.25, 0.3) is 0 Å². The second-order valence-electron chi connectivity index (χ2n) is 4.22. The molecule has 1 saturated heterocycles. The summed E-state index contributed by atoms with van der Waals surface area (Å²) in [6.45, 7) is 1.00. The Bertz CT molecular complexity index is 594. The molecule has 3 rings (SSSR count). The highest BCUT2D eigenvalue weighted by Gasteiger charge is 2.25. The molecule has 0 aromatic heterocycles. The van der Waals surface area contributed by atoms with Crippen LogP contribution in [0.5, 0.6) is 5.75 Å². The summed E-state index contributed by atoms with van der Waals surface area (Å²) in [6, 6.07) is 3.95. The van der Waals surface area contributed by atoms with E-state index >= 15 is 0 Å². The van der Waals surface area contributed by atoms with Crippen molar-refractivity contribution < 1.29 is 14.3 Å². The third-order valence-corrected chi connectivity index (χ3v) is 3.36. The Kier molecular flexibility index (Phi) is 2.98. The summed E-state index contributed by atoms with van der Waals surface area (Å²) >= 11 is 3.44. The van der Waals surface area contributed by atoms with E-state index in [2.05, 4.69) is 31.6 Å². The quantitative estimate of drug-likeness (QED) is 0.777. The number of halogens is 1. The third-order valence-electron chi connectivity index (χ3n) is 2.90. The Morgan fingerprint density at radius 1 is 1.26 bits per heavy atom. The maximum atomic E-state index is 11.0. The second-order valence-corrected chi connectivity index (χ2v) is 5.14. The zero-order chi connectivity index (χ0) is 13.4. The standard InChI is InChI=1S/C12H10BrN3O3/c13-8-3-6-1-2-19-9(6)7(4-8)5-14-12-15-10(17)11(18)16-12/h3-4H,1-2,5H2,(H2,14,15,16,17,18). The summed E-state index contributed by atoms with van der Waals surface area (Å²) in [5, 5.41) is 4.71. The van der Waals surface area contributed by atoms with Gasteiger partial charge in [-0.25, -0.2) is 4.99 Å². The highest BCUT2D eigenvalue weighted by molar-refractivity contribution is 9.10. The fourth-order valence-corrected chi connectivity index (χ4v) is 2.62. The average molecular weight is 324 g/mol. The van der Waals surface area contributed by atoms with Crippen LogP contribution in [-0.4, -0.2) is 24.4 Å². The SMILES string of the molecule is O=C1NC(=NCc2cc(Br)cc3c2OCC3)NC1=O. The highest BCUT2D eigenvalue weighted by Crippen LogP contribution is 2.33. The number of nitrogens with zero attached hydrogens (tertiary/aromatic N) is 1. The van der Waals surface area contributed by atoms with Gasteiger partial charge in [0.1, 0.15) is 5.75 Å². The maximum absolute atomic E-state index is 11.0. The predicted molar refractivity (Wildman–Crippen MR) is 70.8 cm³/mol. The van der Waals surface area contributed by atoms with E-state index in [1.54, 1.807) is 0 Å². The van der Waals surface area contributed by atoms with Gasteiger partial charge in [0, 0.05) is 16.5 Å². The van der Waals surface area contributed by atoms with Crippen molar-refractivity contribution in [1.82, 2.24) is 10.6 Å². The molecule has 0 radical (unpaired) electrons. The van der Waals surface area contributed by atoms with E-state index in [9.17, 15) is 9.59 Å². The lowest BCUT2D eigenvalue weighted by atomic mass is 10.1. The van der Waals surface area contributed by atoms with Crippen LogP contribution in [-0.2, 0) is 22.6 Å². The molecule has 1 aromatic rings. The first kappa shape index (κ1) is 12.2. The van der Waals surface area contributed by atoms with E-state index in [0.717, 1.165) is 27.8 Å². The first-order valence-corrected chi connectivity index (χ1v) is 6.53. The number of carbonyl (C=O) groups is 2. The molecular weight excluding hydrogens is 314 g/mol. The lowest BCUT2D eigenvalue weighted by Gasteiger charge is -2.07. The summed E-state index contributed by atoms with van der Waals surface area (Å²) in [7, 11) is 0. The Morgan fingerprint density at radius 2 is 2.00 bits per heavy atom. The molecule has 0 spiro atoms. The summed E-state index contributed by atoms with van der Waals surface area (Å²) in [4.78, 5) is 26.2. The molecule has 1 fully saturated rings. The largest absolute Gasteiger partial charge is 0.493 e. The van der Waals surface area contributed by atoms with Crippen molar-refractivity contribution in [2.45, 2.75) is 13.0 Å². The zero-order valence-corrected chi connectivity index (χ0v) is 11.4. The summed E-state index contributed by atoms with van der Waals surface area (Å²) in [6.07, 6.45) is 0.881. The Hall–Kier alpha value is -1.89. The fraction of sp³-hybridized carbons (Fsp3) is 0.250. The number of fused-ring (bicyclic) bond motifs is 1. The van der Waals surface area contributed by atoms with Gasteiger partial charge in [0.15, 0.2) is 0 Å². The molecule has 2 aliphatic rings. The van der Waals surface area contributed by atoms with Gasteiger partial charge < -0.3 is 4.74 Å². The van der Waals surface area contributed by atoms with Crippen molar-refractivity contribution in [2.24, 2.45) is 4.99 Å². The van der Waals surface area contributed by atoms with Gasteiger partial charge >= 0.3 is 11.8 Å².